The number of para-hydroxylation sites is 1. The highest BCUT2D eigenvalue weighted by Gasteiger charge is 2.17. The van der Waals surface area contributed by atoms with E-state index in [9.17, 15) is 4.79 Å². The summed E-state index contributed by atoms with van der Waals surface area (Å²) in [6.07, 6.45) is 0. The Morgan fingerprint density at radius 3 is 2.41 bits per heavy atom. The number of ether oxygens (including phenoxy) is 2. The molecule has 0 aliphatic rings. The lowest BCUT2D eigenvalue weighted by Crippen LogP contribution is -2.29. The van der Waals surface area contributed by atoms with Crippen LogP contribution in [0.5, 0.6) is 11.5 Å². The summed E-state index contributed by atoms with van der Waals surface area (Å²) >= 11 is 0. The number of benzene rings is 2. The van der Waals surface area contributed by atoms with Crippen molar-refractivity contribution in [3.63, 3.8) is 0 Å². The van der Waals surface area contributed by atoms with Crippen molar-refractivity contribution in [2.45, 2.75) is 6.92 Å². The zero-order valence-corrected chi connectivity index (χ0v) is 15.7. The van der Waals surface area contributed by atoms with E-state index >= 15 is 0 Å². The third-order valence-electron chi connectivity index (χ3n) is 4.27. The lowest BCUT2D eigenvalue weighted by molar-refractivity contribution is 0.0949. The zero-order chi connectivity index (χ0) is 19.2. The van der Waals surface area contributed by atoms with Gasteiger partial charge in [0.25, 0.3) is 5.91 Å². The molecule has 2 aromatic carbocycles. The summed E-state index contributed by atoms with van der Waals surface area (Å²) in [5.41, 5.74) is 2.39. The number of amides is 1. The fourth-order valence-corrected chi connectivity index (χ4v) is 2.92. The summed E-state index contributed by atoms with van der Waals surface area (Å²) in [5, 5.41) is 7.28. The Hall–Kier alpha value is -3.28. The Bertz CT molecular complexity index is 934. The van der Waals surface area contributed by atoms with Crippen LogP contribution in [0.1, 0.15) is 15.9 Å². The molecule has 3 aromatic rings. The number of hydrogen-bond acceptors (Lipinski definition) is 5. The Labute approximate surface area is 158 Å². The van der Waals surface area contributed by atoms with Gasteiger partial charge >= 0.3 is 0 Å². The summed E-state index contributed by atoms with van der Waals surface area (Å²) < 4.78 is 10.5. The molecular weight excluding hydrogens is 342 g/mol. The molecule has 2 N–H and O–H groups in total. The monoisotopic (exact) mass is 365 g/mol. The first kappa shape index (κ1) is 18.5. The molecule has 3 rings (SSSR count). The molecule has 0 aliphatic carbocycles. The van der Waals surface area contributed by atoms with Gasteiger partial charge in [-0.05, 0) is 36.8 Å². The van der Waals surface area contributed by atoms with Crippen LogP contribution in [0.4, 0.5) is 5.82 Å². The van der Waals surface area contributed by atoms with Crippen LogP contribution >= 0.6 is 0 Å². The first-order chi connectivity index (χ1) is 13.1. The Balaban J connectivity index is 1.62. The van der Waals surface area contributed by atoms with Crippen LogP contribution in [-0.4, -0.2) is 38.2 Å². The van der Waals surface area contributed by atoms with E-state index < -0.39 is 0 Å². The first-order valence-corrected chi connectivity index (χ1v) is 8.73. The number of hydrogen-bond donors (Lipinski definition) is 2. The number of carbonyl (C=O) groups is 1. The average molecular weight is 365 g/mol. The molecule has 0 unspecified atom stereocenters. The van der Waals surface area contributed by atoms with Gasteiger partial charge in [0.1, 0.15) is 22.9 Å². The Morgan fingerprint density at radius 2 is 1.70 bits per heavy atom. The molecule has 0 fully saturated rings. The number of fused-ring (bicyclic) bond motifs is 1. The number of carbonyl (C=O) groups excluding carboxylic acids is 1. The smallest absolute Gasteiger partial charge is 0.258 e. The van der Waals surface area contributed by atoms with Gasteiger partial charge in [-0.3, -0.25) is 4.79 Å². The van der Waals surface area contributed by atoms with Crippen molar-refractivity contribution in [1.82, 2.24) is 10.3 Å². The van der Waals surface area contributed by atoms with Crippen molar-refractivity contribution in [3.05, 3.63) is 59.7 Å². The highest BCUT2D eigenvalue weighted by molar-refractivity contribution is 5.99. The predicted molar refractivity (Wildman–Crippen MR) is 107 cm³/mol. The van der Waals surface area contributed by atoms with Crippen molar-refractivity contribution in [2.75, 3.05) is 32.6 Å². The molecule has 140 valence electrons. The maximum atomic E-state index is 12.5. The number of methoxy groups -OCH3 is 2. The Morgan fingerprint density at radius 1 is 1.00 bits per heavy atom. The number of nitrogens with one attached hydrogen (secondary N) is 2. The quantitative estimate of drug-likeness (QED) is 0.628. The molecule has 0 radical (unpaired) electrons. The minimum absolute atomic E-state index is 0.241. The van der Waals surface area contributed by atoms with Gasteiger partial charge in [-0.15, -0.1) is 0 Å². The summed E-state index contributed by atoms with van der Waals surface area (Å²) in [4.78, 5) is 17.2. The molecule has 0 saturated carbocycles. The second-order valence-electron chi connectivity index (χ2n) is 6.07. The second-order valence-corrected chi connectivity index (χ2v) is 6.07. The summed E-state index contributed by atoms with van der Waals surface area (Å²) in [5.74, 6) is 1.53. The molecule has 1 amide bonds. The minimum Gasteiger partial charge on any atom is -0.496 e. The average Bonchev–Trinajstić information content (AvgIpc) is 2.70. The molecule has 0 spiro atoms. The molecule has 0 aliphatic heterocycles. The van der Waals surface area contributed by atoms with Crippen LogP contribution in [0.25, 0.3) is 10.9 Å². The molecule has 27 heavy (non-hydrogen) atoms. The van der Waals surface area contributed by atoms with Crippen LogP contribution in [0.15, 0.2) is 48.5 Å². The van der Waals surface area contributed by atoms with Crippen molar-refractivity contribution < 1.29 is 14.3 Å². The molecule has 0 saturated heterocycles. The lowest BCUT2D eigenvalue weighted by Gasteiger charge is -2.14. The van der Waals surface area contributed by atoms with E-state index in [1.165, 1.54) is 14.2 Å². The predicted octanol–water partition coefficient (Wildman–Crippen LogP) is 3.40. The lowest BCUT2D eigenvalue weighted by atomic mass is 10.1. The van der Waals surface area contributed by atoms with Crippen LogP contribution < -0.4 is 20.1 Å². The maximum Gasteiger partial charge on any atom is 0.258 e. The van der Waals surface area contributed by atoms with E-state index in [0.29, 0.717) is 30.2 Å². The van der Waals surface area contributed by atoms with Crippen LogP contribution in [-0.2, 0) is 0 Å². The van der Waals surface area contributed by atoms with E-state index in [4.69, 9.17) is 9.47 Å². The van der Waals surface area contributed by atoms with Crippen molar-refractivity contribution >= 4 is 22.6 Å². The van der Waals surface area contributed by atoms with Gasteiger partial charge in [0, 0.05) is 18.5 Å². The number of rotatable bonds is 7. The summed E-state index contributed by atoms with van der Waals surface area (Å²) in [7, 11) is 3.06. The summed E-state index contributed by atoms with van der Waals surface area (Å²) in [6, 6.07) is 15.3. The minimum atomic E-state index is -0.241. The molecule has 1 aromatic heterocycles. The van der Waals surface area contributed by atoms with E-state index in [1.807, 2.05) is 31.2 Å². The van der Waals surface area contributed by atoms with Crippen LogP contribution in [0.3, 0.4) is 0 Å². The van der Waals surface area contributed by atoms with E-state index in [1.54, 1.807) is 18.2 Å². The van der Waals surface area contributed by atoms with Crippen LogP contribution in [0.2, 0.25) is 0 Å². The van der Waals surface area contributed by atoms with Gasteiger partial charge in [-0.2, -0.15) is 0 Å². The third-order valence-corrected chi connectivity index (χ3v) is 4.27. The van der Waals surface area contributed by atoms with Gasteiger partial charge in [0.15, 0.2) is 0 Å². The second kappa shape index (κ2) is 8.40. The fourth-order valence-electron chi connectivity index (χ4n) is 2.92. The molecule has 6 nitrogen and oxygen atoms in total. The molecular formula is C21H23N3O3. The Kier molecular flexibility index (Phi) is 5.76. The first-order valence-electron chi connectivity index (χ1n) is 8.73. The molecule has 1 heterocycles. The van der Waals surface area contributed by atoms with Gasteiger partial charge < -0.3 is 20.1 Å². The molecule has 0 atom stereocenters. The highest BCUT2D eigenvalue weighted by Crippen LogP contribution is 2.27. The number of anilines is 1. The molecule has 6 heteroatoms. The zero-order valence-electron chi connectivity index (χ0n) is 15.7. The number of aryl methyl sites for hydroxylation is 1. The van der Waals surface area contributed by atoms with Crippen molar-refractivity contribution in [1.29, 1.82) is 0 Å². The van der Waals surface area contributed by atoms with Gasteiger partial charge in [0.2, 0.25) is 0 Å². The summed E-state index contributed by atoms with van der Waals surface area (Å²) in [6.45, 7) is 3.00. The SMILES string of the molecule is COc1cccc(OC)c1C(=O)NCCNc1nc2ccccc2cc1C. The third kappa shape index (κ3) is 4.11. The van der Waals surface area contributed by atoms with Gasteiger partial charge in [-0.25, -0.2) is 4.98 Å². The molecule has 0 bridgehead atoms. The van der Waals surface area contributed by atoms with E-state index in [-0.39, 0.29) is 5.91 Å². The van der Waals surface area contributed by atoms with Gasteiger partial charge in [0.05, 0.1) is 19.7 Å². The number of nitrogens with zero attached hydrogens (tertiary/aromatic N) is 1. The van der Waals surface area contributed by atoms with Crippen molar-refractivity contribution in [3.8, 4) is 11.5 Å². The van der Waals surface area contributed by atoms with Crippen LogP contribution in [0, 0.1) is 6.92 Å². The number of aromatic nitrogens is 1. The topological polar surface area (TPSA) is 72.5 Å². The van der Waals surface area contributed by atoms with Crippen molar-refractivity contribution in [2.24, 2.45) is 0 Å². The largest absolute Gasteiger partial charge is 0.496 e. The fraction of sp³-hybridized carbons (Fsp3) is 0.238. The highest BCUT2D eigenvalue weighted by atomic mass is 16.5. The maximum absolute atomic E-state index is 12.5. The van der Waals surface area contributed by atoms with E-state index in [2.05, 4.69) is 21.7 Å². The van der Waals surface area contributed by atoms with E-state index in [0.717, 1.165) is 22.3 Å². The standard InChI is InChI=1S/C21H23N3O3/c1-14-13-15-7-4-5-8-16(15)24-20(14)22-11-12-23-21(25)19-17(26-2)9-6-10-18(19)27-3/h4-10,13H,11-12H2,1-3H3,(H,22,24)(H,23,25). The number of pyridine rings is 1. The normalized spacial score (nSPS) is 10.5. The van der Waals surface area contributed by atoms with Gasteiger partial charge in [-0.1, -0.05) is 24.3 Å².